The van der Waals surface area contributed by atoms with E-state index >= 15 is 0 Å². The maximum absolute atomic E-state index is 13.6. The summed E-state index contributed by atoms with van der Waals surface area (Å²) in [7, 11) is 0. The minimum Gasteiger partial charge on any atom is -0.478 e. The number of nitrogens with one attached hydrogen (secondary N) is 1. The largest absolute Gasteiger partial charge is 0.478 e. The second-order valence-electron chi connectivity index (χ2n) is 4.66. The van der Waals surface area contributed by atoms with Crippen LogP contribution < -0.4 is 10.1 Å². The number of nitrogens with zero attached hydrogens (tertiary/aromatic N) is 2. The van der Waals surface area contributed by atoms with Gasteiger partial charge < -0.3 is 4.74 Å². The summed E-state index contributed by atoms with van der Waals surface area (Å²) in [6.45, 7) is 3.89. The number of benzene rings is 1. The molecule has 1 atom stereocenters. The summed E-state index contributed by atoms with van der Waals surface area (Å²) in [5.74, 6) is 0.161. The van der Waals surface area contributed by atoms with Crippen LogP contribution in [0.1, 0.15) is 26.7 Å². The number of rotatable bonds is 8. The van der Waals surface area contributed by atoms with E-state index in [-0.39, 0.29) is 11.7 Å². The molecule has 0 unspecified atom stereocenters. The fourth-order valence-corrected chi connectivity index (χ4v) is 3.39. The summed E-state index contributed by atoms with van der Waals surface area (Å²) in [4.78, 5) is 12.3. The van der Waals surface area contributed by atoms with Crippen molar-refractivity contribution in [1.29, 1.82) is 0 Å². The van der Waals surface area contributed by atoms with Crippen LogP contribution in [0, 0.1) is 5.82 Å². The molecular weight excluding hydrogens is 337 g/mol. The summed E-state index contributed by atoms with van der Waals surface area (Å²) in [5, 5.41) is 11.0. The zero-order chi connectivity index (χ0) is 16.7. The molecular formula is C15H18FN3O2S2. The monoisotopic (exact) mass is 355 g/mol. The normalized spacial score (nSPS) is 12.0. The van der Waals surface area contributed by atoms with Crippen molar-refractivity contribution in [2.75, 3.05) is 11.1 Å². The highest BCUT2D eigenvalue weighted by molar-refractivity contribution is 8.01. The number of halogens is 1. The highest BCUT2D eigenvalue weighted by Gasteiger charge is 2.21. The van der Waals surface area contributed by atoms with E-state index in [2.05, 4.69) is 22.4 Å². The van der Waals surface area contributed by atoms with Crippen LogP contribution in [0.15, 0.2) is 28.6 Å². The molecule has 1 aromatic heterocycles. The Morgan fingerprint density at radius 2 is 2.17 bits per heavy atom. The molecule has 0 aliphatic rings. The quantitative estimate of drug-likeness (QED) is 0.573. The van der Waals surface area contributed by atoms with Crippen LogP contribution in [-0.4, -0.2) is 28.0 Å². The van der Waals surface area contributed by atoms with Gasteiger partial charge in [0.25, 0.3) is 5.91 Å². The first-order chi connectivity index (χ1) is 11.1. The van der Waals surface area contributed by atoms with E-state index in [1.807, 2.05) is 0 Å². The van der Waals surface area contributed by atoms with E-state index in [9.17, 15) is 9.18 Å². The molecule has 0 aliphatic heterocycles. The molecule has 0 spiro atoms. The Kier molecular flexibility index (Phi) is 6.79. The highest BCUT2D eigenvalue weighted by atomic mass is 32.2. The van der Waals surface area contributed by atoms with Crippen molar-refractivity contribution in [2.24, 2.45) is 0 Å². The van der Waals surface area contributed by atoms with Gasteiger partial charge in [0.15, 0.2) is 22.0 Å². The molecule has 1 amide bonds. The number of anilines is 1. The molecule has 23 heavy (non-hydrogen) atoms. The number of thioether (sulfide) groups is 1. The number of aromatic nitrogens is 2. The number of para-hydroxylation sites is 1. The summed E-state index contributed by atoms with van der Waals surface area (Å²) in [6.07, 6.45) is 0.666. The van der Waals surface area contributed by atoms with Gasteiger partial charge >= 0.3 is 0 Å². The number of carbonyl (C=O) groups excluding carboxylic acids is 1. The first-order valence-electron chi connectivity index (χ1n) is 7.32. The first kappa shape index (κ1) is 17.7. The molecule has 5 nitrogen and oxygen atoms in total. The molecule has 1 aromatic carbocycles. The first-order valence-corrected chi connectivity index (χ1v) is 9.12. The lowest BCUT2D eigenvalue weighted by molar-refractivity contribution is -0.122. The van der Waals surface area contributed by atoms with Gasteiger partial charge in [-0.25, -0.2) is 4.39 Å². The third-order valence-corrected chi connectivity index (χ3v) is 5.01. The van der Waals surface area contributed by atoms with E-state index in [4.69, 9.17) is 4.74 Å². The lowest BCUT2D eigenvalue weighted by Crippen LogP contribution is -2.32. The highest BCUT2D eigenvalue weighted by Crippen LogP contribution is 2.26. The molecule has 0 fully saturated rings. The molecule has 0 bridgehead atoms. The van der Waals surface area contributed by atoms with Gasteiger partial charge in [-0.3, -0.25) is 10.1 Å². The van der Waals surface area contributed by atoms with Crippen molar-refractivity contribution in [3.8, 4) is 5.75 Å². The number of ether oxygens (including phenoxy) is 1. The van der Waals surface area contributed by atoms with Crippen LogP contribution in [0.5, 0.6) is 5.75 Å². The Balaban J connectivity index is 1.97. The Bertz CT molecular complexity index is 651. The number of carbonyl (C=O) groups is 1. The van der Waals surface area contributed by atoms with Gasteiger partial charge in [0.1, 0.15) is 0 Å². The zero-order valence-corrected chi connectivity index (χ0v) is 14.5. The molecule has 1 heterocycles. The number of hydrogen-bond acceptors (Lipinski definition) is 6. The van der Waals surface area contributed by atoms with Crippen molar-refractivity contribution in [2.45, 2.75) is 37.1 Å². The third kappa shape index (κ3) is 5.18. The Labute approximate surface area is 142 Å². The maximum Gasteiger partial charge on any atom is 0.267 e. The molecule has 2 rings (SSSR count). The van der Waals surface area contributed by atoms with Gasteiger partial charge in [-0.2, -0.15) is 0 Å². The summed E-state index contributed by atoms with van der Waals surface area (Å²) in [6, 6.07) is 6.02. The molecule has 1 N–H and O–H groups in total. The predicted octanol–water partition coefficient (Wildman–Crippen LogP) is 3.98. The molecule has 0 radical (unpaired) electrons. The van der Waals surface area contributed by atoms with Crippen LogP contribution in [0.4, 0.5) is 9.52 Å². The van der Waals surface area contributed by atoms with Crippen molar-refractivity contribution >= 4 is 34.1 Å². The van der Waals surface area contributed by atoms with Crippen LogP contribution in [0.2, 0.25) is 0 Å². The molecule has 8 heteroatoms. The van der Waals surface area contributed by atoms with Gasteiger partial charge in [0, 0.05) is 5.75 Å². The van der Waals surface area contributed by atoms with E-state index in [0.717, 1.165) is 16.5 Å². The molecule has 0 aliphatic carbocycles. The molecule has 0 saturated carbocycles. The number of amides is 1. The lowest BCUT2D eigenvalue weighted by Gasteiger charge is -2.16. The van der Waals surface area contributed by atoms with Crippen molar-refractivity contribution < 1.29 is 13.9 Å². The lowest BCUT2D eigenvalue weighted by atomic mass is 10.2. The van der Waals surface area contributed by atoms with Crippen LogP contribution >= 0.6 is 23.1 Å². The van der Waals surface area contributed by atoms with Crippen LogP contribution in [0.25, 0.3) is 0 Å². The average molecular weight is 355 g/mol. The molecule has 124 valence electrons. The predicted molar refractivity (Wildman–Crippen MR) is 90.7 cm³/mol. The Hall–Kier alpha value is -1.67. The van der Waals surface area contributed by atoms with Gasteiger partial charge in [0.2, 0.25) is 5.13 Å². The van der Waals surface area contributed by atoms with Crippen LogP contribution in [0.3, 0.4) is 0 Å². The molecule has 2 aromatic rings. The zero-order valence-electron chi connectivity index (χ0n) is 12.9. The van der Waals surface area contributed by atoms with Crippen molar-refractivity contribution in [3.63, 3.8) is 0 Å². The standard InChI is InChI=1S/C15H18FN3O2S2/c1-3-9-22-15-19-18-14(23-15)17-13(20)11(4-2)21-12-8-6-5-7-10(12)16/h5-8,11H,3-4,9H2,1-2H3,(H,17,18,20)/t11-/m0/s1. The van der Waals surface area contributed by atoms with E-state index in [1.165, 1.54) is 23.5 Å². The number of hydrogen-bond donors (Lipinski definition) is 1. The second-order valence-corrected chi connectivity index (χ2v) is 6.98. The summed E-state index contributed by atoms with van der Waals surface area (Å²) < 4.78 is 19.9. The maximum atomic E-state index is 13.6. The van der Waals surface area contributed by atoms with Crippen LogP contribution in [-0.2, 0) is 4.79 Å². The smallest absolute Gasteiger partial charge is 0.267 e. The fourth-order valence-electron chi connectivity index (χ4n) is 1.71. The minimum absolute atomic E-state index is 0.0611. The fraction of sp³-hybridized carbons (Fsp3) is 0.400. The minimum atomic E-state index is -0.789. The molecule has 0 saturated heterocycles. The summed E-state index contributed by atoms with van der Waals surface area (Å²) in [5.41, 5.74) is 0. The van der Waals surface area contributed by atoms with Crippen molar-refractivity contribution in [3.05, 3.63) is 30.1 Å². The van der Waals surface area contributed by atoms with E-state index in [1.54, 1.807) is 30.8 Å². The van der Waals surface area contributed by atoms with E-state index < -0.39 is 11.9 Å². The van der Waals surface area contributed by atoms with Gasteiger partial charge in [0.05, 0.1) is 0 Å². The van der Waals surface area contributed by atoms with Gasteiger partial charge in [-0.05, 0) is 25.0 Å². The van der Waals surface area contributed by atoms with Gasteiger partial charge in [-0.1, -0.05) is 49.1 Å². The topological polar surface area (TPSA) is 64.1 Å². The Morgan fingerprint density at radius 3 is 2.87 bits per heavy atom. The van der Waals surface area contributed by atoms with Crippen molar-refractivity contribution in [1.82, 2.24) is 10.2 Å². The average Bonchev–Trinajstić information content (AvgIpc) is 2.99. The SMILES string of the molecule is CCCSc1nnc(NC(=O)[C@H](CC)Oc2ccccc2F)s1. The van der Waals surface area contributed by atoms with Gasteiger partial charge in [-0.15, -0.1) is 10.2 Å². The van der Waals surface area contributed by atoms with E-state index in [0.29, 0.717) is 11.6 Å². The second kappa shape index (κ2) is 8.83. The summed E-state index contributed by atoms with van der Waals surface area (Å²) >= 11 is 2.92. The third-order valence-electron chi connectivity index (χ3n) is 2.84. The Morgan fingerprint density at radius 1 is 1.39 bits per heavy atom.